The molecule has 5 rings (SSSR count). The minimum atomic E-state index is -0.530. The van der Waals surface area contributed by atoms with Crippen LogP contribution in [0.25, 0.3) is 0 Å². The standard InChI is InChI=1S/C33H48N2O7/c1-24(36)20-41-30-18-34-19-31(32(30)27-8-5-25(6-9-27)21-39-23-33(38-3)11-12-33)42-22-26-7-10-29-28(17-26)35(14-16-40-29)13-4-15-37-2/h5-10,17,24,30-32,34,36H,4,11-16,18-23H2,1-3H3/t24?,30-,31+,32+/m1/s1. The number of hydrogen-bond donors (Lipinski definition) is 2. The van der Waals surface area contributed by atoms with Gasteiger partial charge in [-0.25, -0.2) is 0 Å². The number of anilines is 1. The maximum Gasteiger partial charge on any atom is 0.142 e. The zero-order valence-electron chi connectivity index (χ0n) is 25.4. The first-order chi connectivity index (χ1) is 20.5. The van der Waals surface area contributed by atoms with E-state index in [0.717, 1.165) is 68.1 Å². The van der Waals surface area contributed by atoms with Crippen molar-refractivity contribution in [1.29, 1.82) is 0 Å². The number of nitrogens with zero attached hydrogens (tertiary/aromatic N) is 1. The summed E-state index contributed by atoms with van der Waals surface area (Å²) in [5, 5.41) is 13.4. The summed E-state index contributed by atoms with van der Waals surface area (Å²) in [6, 6.07) is 14.9. The number of nitrogens with one attached hydrogen (secondary N) is 1. The molecule has 2 aliphatic heterocycles. The van der Waals surface area contributed by atoms with Crippen LogP contribution in [-0.2, 0) is 36.9 Å². The molecule has 4 atom stereocenters. The lowest BCUT2D eigenvalue weighted by Crippen LogP contribution is -2.51. The third-order valence-electron chi connectivity index (χ3n) is 8.51. The highest BCUT2D eigenvalue weighted by molar-refractivity contribution is 5.61. The molecular formula is C33H48N2O7. The van der Waals surface area contributed by atoms with Crippen molar-refractivity contribution in [2.24, 2.45) is 0 Å². The largest absolute Gasteiger partial charge is 0.490 e. The minimum absolute atomic E-state index is 0.0229. The van der Waals surface area contributed by atoms with Crippen molar-refractivity contribution in [1.82, 2.24) is 5.32 Å². The fourth-order valence-corrected chi connectivity index (χ4v) is 5.86. The molecule has 1 unspecified atom stereocenters. The Kier molecular flexibility index (Phi) is 11.1. The van der Waals surface area contributed by atoms with Gasteiger partial charge in [-0.15, -0.1) is 0 Å². The number of aliphatic hydroxyl groups is 1. The SMILES string of the molecule is COCCCN1CCOc2ccc(CO[C@H]3CNC[C@@H](OCC(C)O)[C@@H]3c3ccc(COCC4(OC)CC4)cc3)cc21. The van der Waals surface area contributed by atoms with Gasteiger partial charge in [0.2, 0.25) is 0 Å². The molecule has 0 radical (unpaired) electrons. The zero-order chi connectivity index (χ0) is 29.4. The fourth-order valence-electron chi connectivity index (χ4n) is 5.86. The first-order valence-corrected chi connectivity index (χ1v) is 15.3. The molecule has 0 spiro atoms. The molecule has 2 N–H and O–H groups in total. The second-order valence-corrected chi connectivity index (χ2v) is 11.9. The van der Waals surface area contributed by atoms with E-state index in [1.54, 1.807) is 21.1 Å². The second kappa shape index (κ2) is 15.0. The maximum absolute atomic E-state index is 9.92. The molecule has 1 saturated carbocycles. The van der Waals surface area contributed by atoms with Crippen LogP contribution in [0, 0.1) is 0 Å². The van der Waals surface area contributed by atoms with Crippen LogP contribution in [0.4, 0.5) is 5.69 Å². The Balaban J connectivity index is 1.25. The zero-order valence-corrected chi connectivity index (χ0v) is 25.4. The summed E-state index contributed by atoms with van der Waals surface area (Å²) in [4.78, 5) is 2.37. The number of methoxy groups -OCH3 is 2. The van der Waals surface area contributed by atoms with E-state index in [9.17, 15) is 5.11 Å². The van der Waals surface area contributed by atoms with Gasteiger partial charge in [-0.2, -0.15) is 0 Å². The first kappa shape index (κ1) is 31.2. The number of piperidine rings is 1. The third-order valence-corrected chi connectivity index (χ3v) is 8.51. The van der Waals surface area contributed by atoms with Gasteiger partial charge in [0.05, 0.1) is 62.6 Å². The monoisotopic (exact) mass is 584 g/mol. The topological polar surface area (TPSA) is 90.9 Å². The first-order valence-electron chi connectivity index (χ1n) is 15.3. The minimum Gasteiger partial charge on any atom is -0.490 e. The summed E-state index contributed by atoms with van der Waals surface area (Å²) in [6.45, 7) is 8.37. The van der Waals surface area contributed by atoms with Crippen LogP contribution in [0.5, 0.6) is 5.75 Å². The van der Waals surface area contributed by atoms with Crippen LogP contribution < -0.4 is 15.0 Å². The molecule has 2 fully saturated rings. The number of ether oxygens (including phenoxy) is 6. The van der Waals surface area contributed by atoms with Crippen molar-refractivity contribution >= 4 is 5.69 Å². The van der Waals surface area contributed by atoms with Crippen LogP contribution in [0.3, 0.4) is 0 Å². The summed E-state index contributed by atoms with van der Waals surface area (Å²) in [7, 11) is 3.50. The summed E-state index contributed by atoms with van der Waals surface area (Å²) in [5.41, 5.74) is 4.45. The number of aliphatic hydroxyl groups excluding tert-OH is 1. The third kappa shape index (κ3) is 8.23. The van der Waals surface area contributed by atoms with Gasteiger partial charge in [0, 0.05) is 46.4 Å². The highest BCUT2D eigenvalue weighted by atomic mass is 16.5. The lowest BCUT2D eigenvalue weighted by atomic mass is 9.85. The Morgan fingerprint density at radius 2 is 1.79 bits per heavy atom. The van der Waals surface area contributed by atoms with Crippen molar-refractivity contribution in [3.05, 3.63) is 59.2 Å². The quantitative estimate of drug-likeness (QED) is 0.287. The molecule has 3 aliphatic rings. The summed E-state index contributed by atoms with van der Waals surface area (Å²) in [6.07, 6.45) is 2.36. The predicted octanol–water partition coefficient (Wildman–Crippen LogP) is 3.66. The van der Waals surface area contributed by atoms with E-state index in [2.05, 4.69) is 52.7 Å². The average molecular weight is 585 g/mol. The number of fused-ring (bicyclic) bond motifs is 1. The molecular weight excluding hydrogens is 536 g/mol. The molecule has 9 nitrogen and oxygen atoms in total. The van der Waals surface area contributed by atoms with E-state index < -0.39 is 6.10 Å². The Morgan fingerprint density at radius 1 is 1.02 bits per heavy atom. The van der Waals surface area contributed by atoms with E-state index in [-0.39, 0.29) is 30.3 Å². The van der Waals surface area contributed by atoms with Crippen molar-refractivity contribution in [3.63, 3.8) is 0 Å². The number of hydrogen-bond acceptors (Lipinski definition) is 9. The summed E-state index contributed by atoms with van der Waals surface area (Å²) < 4.78 is 35.6. The number of benzene rings is 2. The lowest BCUT2D eigenvalue weighted by Gasteiger charge is -2.39. The van der Waals surface area contributed by atoms with Gasteiger partial charge in [-0.1, -0.05) is 30.3 Å². The highest BCUT2D eigenvalue weighted by Crippen LogP contribution is 2.39. The smallest absolute Gasteiger partial charge is 0.142 e. The molecule has 1 saturated heterocycles. The van der Waals surface area contributed by atoms with Gasteiger partial charge in [0.15, 0.2) is 0 Å². The van der Waals surface area contributed by atoms with Crippen molar-refractivity contribution < 1.29 is 33.5 Å². The maximum atomic E-state index is 9.92. The van der Waals surface area contributed by atoms with Gasteiger partial charge in [0.25, 0.3) is 0 Å². The number of rotatable bonds is 16. The fraction of sp³-hybridized carbons (Fsp3) is 0.636. The van der Waals surface area contributed by atoms with Crippen LogP contribution in [0.2, 0.25) is 0 Å². The van der Waals surface area contributed by atoms with E-state index in [0.29, 0.717) is 33.0 Å². The molecule has 0 amide bonds. The van der Waals surface area contributed by atoms with E-state index in [1.165, 1.54) is 5.56 Å². The molecule has 2 aromatic carbocycles. The molecule has 2 heterocycles. The molecule has 1 aliphatic carbocycles. The van der Waals surface area contributed by atoms with Crippen molar-refractivity contribution in [3.8, 4) is 5.75 Å². The van der Waals surface area contributed by atoms with Crippen LogP contribution in [0.1, 0.15) is 48.8 Å². The summed E-state index contributed by atoms with van der Waals surface area (Å²) in [5.74, 6) is 0.944. The van der Waals surface area contributed by atoms with Crippen molar-refractivity contribution in [2.45, 2.75) is 69.2 Å². The van der Waals surface area contributed by atoms with Gasteiger partial charge in [-0.05, 0) is 55.0 Å². The second-order valence-electron chi connectivity index (χ2n) is 11.9. The van der Waals surface area contributed by atoms with Gasteiger partial charge < -0.3 is 43.7 Å². The lowest BCUT2D eigenvalue weighted by molar-refractivity contribution is -0.0752. The highest BCUT2D eigenvalue weighted by Gasteiger charge is 2.43. The summed E-state index contributed by atoms with van der Waals surface area (Å²) >= 11 is 0. The Labute approximate surface area is 250 Å². The van der Waals surface area contributed by atoms with Gasteiger partial charge >= 0.3 is 0 Å². The van der Waals surface area contributed by atoms with Gasteiger partial charge in [-0.3, -0.25) is 0 Å². The van der Waals surface area contributed by atoms with Crippen molar-refractivity contribution in [2.75, 3.05) is 71.7 Å². The van der Waals surface area contributed by atoms with E-state index >= 15 is 0 Å². The molecule has 9 heteroatoms. The average Bonchev–Trinajstić information content (AvgIpc) is 3.80. The van der Waals surface area contributed by atoms with E-state index in [4.69, 9.17) is 28.4 Å². The Hall–Kier alpha value is -2.24. The molecule has 2 aromatic rings. The van der Waals surface area contributed by atoms with Gasteiger partial charge in [0.1, 0.15) is 12.4 Å². The van der Waals surface area contributed by atoms with E-state index in [1.807, 2.05) is 0 Å². The molecule has 42 heavy (non-hydrogen) atoms. The molecule has 0 aromatic heterocycles. The van der Waals surface area contributed by atoms with Crippen LogP contribution in [0.15, 0.2) is 42.5 Å². The Bertz CT molecular complexity index is 1110. The molecule has 0 bridgehead atoms. The molecule has 232 valence electrons. The van der Waals surface area contributed by atoms with Crippen LogP contribution in [-0.4, -0.2) is 95.8 Å². The normalized spacial score (nSPS) is 23.7. The predicted molar refractivity (Wildman–Crippen MR) is 161 cm³/mol. The Morgan fingerprint density at radius 3 is 2.50 bits per heavy atom. The van der Waals surface area contributed by atoms with Crippen LogP contribution >= 0.6 is 0 Å².